The molecule has 0 amide bonds. The van der Waals surface area contributed by atoms with E-state index in [1.807, 2.05) is 25.1 Å². The van der Waals surface area contributed by atoms with E-state index in [9.17, 15) is 4.79 Å². The Morgan fingerprint density at radius 2 is 2.29 bits per heavy atom. The number of hydrogen-bond donors (Lipinski definition) is 2. The molecule has 2 heterocycles. The number of H-pyrrole nitrogens is 1. The topological polar surface area (TPSA) is 78.9 Å². The number of carboxylic acid groups (broad SMARTS) is 1. The van der Waals surface area contributed by atoms with Crippen LogP contribution in [0.5, 0.6) is 0 Å². The number of pyridine rings is 1. The van der Waals surface area contributed by atoms with Crippen molar-refractivity contribution < 1.29 is 9.90 Å². The minimum atomic E-state index is -0.994. The van der Waals surface area contributed by atoms with Crippen molar-refractivity contribution in [1.29, 1.82) is 0 Å². The van der Waals surface area contributed by atoms with E-state index in [0.717, 1.165) is 17.5 Å². The van der Waals surface area contributed by atoms with E-state index in [0.29, 0.717) is 11.5 Å². The first-order chi connectivity index (χ1) is 8.16. The summed E-state index contributed by atoms with van der Waals surface area (Å²) in [5, 5.41) is 8.55. The minimum absolute atomic E-state index is 0.605. The van der Waals surface area contributed by atoms with Gasteiger partial charge in [0.15, 0.2) is 5.82 Å². The van der Waals surface area contributed by atoms with Crippen LogP contribution in [0.25, 0.3) is 17.6 Å². The highest BCUT2D eigenvalue weighted by Gasteiger charge is 2.06. The maximum Gasteiger partial charge on any atom is 0.328 e. The first-order valence-electron chi connectivity index (χ1n) is 5.06. The molecule has 0 aliphatic rings. The summed E-state index contributed by atoms with van der Waals surface area (Å²) < 4.78 is 0. The lowest BCUT2D eigenvalue weighted by atomic mass is 10.3. The molecule has 2 aromatic heterocycles. The number of aromatic nitrogens is 3. The number of hydrogen-bond acceptors (Lipinski definition) is 3. The SMILES string of the molecule is Cc1[nH]c(-c2ccccn2)nc1/C=C/C(=O)O. The van der Waals surface area contributed by atoms with Crippen LogP contribution in [0.4, 0.5) is 0 Å². The number of aliphatic carboxylic acids is 1. The number of aryl methyl sites for hydroxylation is 1. The second-order valence-corrected chi connectivity index (χ2v) is 3.48. The van der Waals surface area contributed by atoms with Gasteiger partial charge >= 0.3 is 5.97 Å². The summed E-state index contributed by atoms with van der Waals surface area (Å²) in [6.45, 7) is 1.83. The van der Waals surface area contributed by atoms with Crippen molar-refractivity contribution in [2.75, 3.05) is 0 Å². The van der Waals surface area contributed by atoms with Gasteiger partial charge in [-0.3, -0.25) is 4.98 Å². The van der Waals surface area contributed by atoms with Gasteiger partial charge in [-0.25, -0.2) is 9.78 Å². The third-order valence-electron chi connectivity index (χ3n) is 2.21. The first-order valence-corrected chi connectivity index (χ1v) is 5.06. The van der Waals surface area contributed by atoms with E-state index in [1.54, 1.807) is 6.20 Å². The van der Waals surface area contributed by atoms with Crippen molar-refractivity contribution in [3.63, 3.8) is 0 Å². The Morgan fingerprint density at radius 1 is 1.47 bits per heavy atom. The summed E-state index contributed by atoms with van der Waals surface area (Å²) in [5.74, 6) is -0.361. The summed E-state index contributed by atoms with van der Waals surface area (Å²) >= 11 is 0. The number of aromatic amines is 1. The number of rotatable bonds is 3. The number of nitrogens with zero attached hydrogens (tertiary/aromatic N) is 2. The van der Waals surface area contributed by atoms with Gasteiger partial charge in [-0.2, -0.15) is 0 Å². The van der Waals surface area contributed by atoms with E-state index in [4.69, 9.17) is 5.11 Å². The highest BCUT2D eigenvalue weighted by Crippen LogP contribution is 2.15. The van der Waals surface area contributed by atoms with E-state index in [2.05, 4.69) is 15.0 Å². The molecule has 2 rings (SSSR count). The third kappa shape index (κ3) is 2.57. The second kappa shape index (κ2) is 4.61. The zero-order valence-corrected chi connectivity index (χ0v) is 9.21. The number of carbonyl (C=O) groups is 1. The summed E-state index contributed by atoms with van der Waals surface area (Å²) in [6.07, 6.45) is 4.20. The van der Waals surface area contributed by atoms with Crippen LogP contribution in [0.1, 0.15) is 11.4 Å². The average Bonchev–Trinajstić information content (AvgIpc) is 2.69. The van der Waals surface area contributed by atoms with Crippen LogP contribution in [-0.4, -0.2) is 26.0 Å². The average molecular weight is 229 g/mol. The standard InChI is InChI=1S/C12H11N3O2/c1-8-9(5-6-11(16)17)15-12(14-8)10-4-2-3-7-13-10/h2-7H,1H3,(H,14,15)(H,16,17)/b6-5+. The molecule has 0 unspecified atom stereocenters. The lowest BCUT2D eigenvalue weighted by molar-refractivity contribution is -0.131. The maximum atomic E-state index is 10.4. The highest BCUT2D eigenvalue weighted by molar-refractivity contribution is 5.85. The summed E-state index contributed by atoms with van der Waals surface area (Å²) in [7, 11) is 0. The Labute approximate surface area is 97.9 Å². The van der Waals surface area contributed by atoms with Crippen LogP contribution in [0.3, 0.4) is 0 Å². The lowest BCUT2D eigenvalue weighted by Crippen LogP contribution is -1.86. The Hall–Kier alpha value is -2.43. The quantitative estimate of drug-likeness (QED) is 0.787. The van der Waals surface area contributed by atoms with Gasteiger partial charge in [-0.1, -0.05) is 6.07 Å². The molecule has 0 fully saturated rings. The maximum absolute atomic E-state index is 10.4. The molecular formula is C12H11N3O2. The Kier molecular flexibility index (Phi) is 3.00. The largest absolute Gasteiger partial charge is 0.478 e. The normalized spacial score (nSPS) is 10.9. The highest BCUT2D eigenvalue weighted by atomic mass is 16.4. The van der Waals surface area contributed by atoms with Crippen LogP contribution in [0, 0.1) is 6.92 Å². The fourth-order valence-corrected chi connectivity index (χ4v) is 1.41. The lowest BCUT2D eigenvalue weighted by Gasteiger charge is -1.92. The van der Waals surface area contributed by atoms with Gasteiger partial charge in [0.05, 0.1) is 5.69 Å². The molecule has 0 radical (unpaired) electrons. The molecule has 5 nitrogen and oxygen atoms in total. The van der Waals surface area contributed by atoms with E-state index >= 15 is 0 Å². The zero-order valence-electron chi connectivity index (χ0n) is 9.21. The van der Waals surface area contributed by atoms with Crippen molar-refractivity contribution >= 4 is 12.0 Å². The van der Waals surface area contributed by atoms with Crippen LogP contribution in [-0.2, 0) is 4.79 Å². The Morgan fingerprint density at radius 3 is 2.94 bits per heavy atom. The molecule has 5 heteroatoms. The zero-order chi connectivity index (χ0) is 12.3. The Balaban J connectivity index is 2.34. The number of nitrogens with one attached hydrogen (secondary N) is 1. The molecule has 0 bridgehead atoms. The molecule has 86 valence electrons. The van der Waals surface area contributed by atoms with Crippen molar-refractivity contribution in [2.24, 2.45) is 0 Å². The fourth-order valence-electron chi connectivity index (χ4n) is 1.41. The van der Waals surface area contributed by atoms with Gasteiger partial charge in [0.25, 0.3) is 0 Å². The molecule has 0 saturated carbocycles. The van der Waals surface area contributed by atoms with Crippen LogP contribution in [0.2, 0.25) is 0 Å². The van der Waals surface area contributed by atoms with Crippen LogP contribution in [0.15, 0.2) is 30.5 Å². The van der Waals surface area contributed by atoms with Gasteiger partial charge in [-0.15, -0.1) is 0 Å². The fraction of sp³-hybridized carbons (Fsp3) is 0.0833. The smallest absolute Gasteiger partial charge is 0.328 e. The van der Waals surface area contributed by atoms with E-state index < -0.39 is 5.97 Å². The van der Waals surface area contributed by atoms with Crippen molar-refractivity contribution in [2.45, 2.75) is 6.92 Å². The van der Waals surface area contributed by atoms with Gasteiger partial charge in [0.1, 0.15) is 5.69 Å². The van der Waals surface area contributed by atoms with Crippen LogP contribution >= 0.6 is 0 Å². The van der Waals surface area contributed by atoms with Gasteiger partial charge < -0.3 is 10.1 Å². The summed E-state index contributed by atoms with van der Waals surface area (Å²) in [5.41, 5.74) is 2.14. The van der Waals surface area contributed by atoms with Gasteiger partial charge in [-0.05, 0) is 25.1 Å². The molecule has 0 spiro atoms. The predicted octanol–water partition coefficient (Wildman–Crippen LogP) is 1.88. The van der Waals surface area contributed by atoms with Gasteiger partial charge in [0, 0.05) is 18.0 Å². The molecule has 2 aromatic rings. The molecule has 0 atom stereocenters. The van der Waals surface area contributed by atoms with Crippen molar-refractivity contribution in [1.82, 2.24) is 15.0 Å². The molecule has 17 heavy (non-hydrogen) atoms. The minimum Gasteiger partial charge on any atom is -0.478 e. The Bertz CT molecular complexity index is 558. The first kappa shape index (κ1) is 11.1. The third-order valence-corrected chi connectivity index (χ3v) is 2.21. The second-order valence-electron chi connectivity index (χ2n) is 3.48. The van der Waals surface area contributed by atoms with E-state index in [1.165, 1.54) is 6.08 Å². The van der Waals surface area contributed by atoms with Crippen molar-refractivity contribution in [3.8, 4) is 11.5 Å². The molecular weight excluding hydrogens is 218 g/mol. The molecule has 0 aromatic carbocycles. The van der Waals surface area contributed by atoms with E-state index in [-0.39, 0.29) is 0 Å². The monoisotopic (exact) mass is 229 g/mol. The molecule has 2 N–H and O–H groups in total. The molecule has 0 aliphatic heterocycles. The van der Waals surface area contributed by atoms with Gasteiger partial charge in [0.2, 0.25) is 0 Å². The number of carboxylic acids is 1. The molecule has 0 saturated heterocycles. The molecule has 0 aliphatic carbocycles. The van der Waals surface area contributed by atoms with Crippen LogP contribution < -0.4 is 0 Å². The summed E-state index contributed by atoms with van der Waals surface area (Å²) in [4.78, 5) is 21.9. The number of imidazole rings is 1. The summed E-state index contributed by atoms with van der Waals surface area (Å²) in [6, 6.07) is 5.53. The van der Waals surface area contributed by atoms with Crippen molar-refractivity contribution in [3.05, 3.63) is 41.9 Å². The predicted molar refractivity (Wildman–Crippen MR) is 63.2 cm³/mol.